The van der Waals surface area contributed by atoms with E-state index in [4.69, 9.17) is 16.3 Å². The molecule has 0 spiro atoms. The van der Waals surface area contributed by atoms with E-state index < -0.39 is 0 Å². The summed E-state index contributed by atoms with van der Waals surface area (Å²) in [4.78, 5) is 5.80. The van der Waals surface area contributed by atoms with Crippen LogP contribution in [0.1, 0.15) is 13.8 Å². The van der Waals surface area contributed by atoms with Gasteiger partial charge >= 0.3 is 0 Å². The van der Waals surface area contributed by atoms with Gasteiger partial charge in [0.25, 0.3) is 0 Å². The van der Waals surface area contributed by atoms with Crippen molar-refractivity contribution in [1.82, 2.24) is 4.90 Å². The van der Waals surface area contributed by atoms with Crippen LogP contribution in [0.5, 0.6) is 0 Å². The summed E-state index contributed by atoms with van der Waals surface area (Å²) in [5, 5.41) is 0.363. The van der Waals surface area contributed by atoms with Gasteiger partial charge in [-0.05, 0) is 31.5 Å². The molecule has 0 bridgehead atoms. The molecule has 0 aliphatic carbocycles. The topological polar surface area (TPSA) is 24.8 Å². The normalized spacial score (nSPS) is 14.5. The Morgan fingerprint density at radius 1 is 1.64 bits per heavy atom. The number of amidine groups is 1. The molecule has 80 valence electrons. The second kappa shape index (κ2) is 6.62. The SMILES string of the molecule is C=C(/C=C\C)/N=C(/Cl)N(C)C(C)OC. The van der Waals surface area contributed by atoms with E-state index in [1.54, 1.807) is 18.1 Å². The number of hydrogen-bond acceptors (Lipinski definition) is 2. The molecule has 0 heterocycles. The quantitative estimate of drug-likeness (QED) is 0.237. The van der Waals surface area contributed by atoms with Crippen LogP contribution < -0.4 is 0 Å². The summed E-state index contributed by atoms with van der Waals surface area (Å²) < 4.78 is 5.09. The van der Waals surface area contributed by atoms with E-state index in [2.05, 4.69) is 11.6 Å². The maximum absolute atomic E-state index is 5.94. The van der Waals surface area contributed by atoms with Gasteiger partial charge in [-0.25, -0.2) is 4.99 Å². The van der Waals surface area contributed by atoms with Crippen LogP contribution in [0.25, 0.3) is 0 Å². The van der Waals surface area contributed by atoms with E-state index in [0.717, 1.165) is 0 Å². The molecule has 0 saturated heterocycles. The van der Waals surface area contributed by atoms with Gasteiger partial charge in [-0.3, -0.25) is 0 Å². The lowest BCUT2D eigenvalue weighted by molar-refractivity contribution is 0.0365. The van der Waals surface area contributed by atoms with Crippen molar-refractivity contribution in [2.45, 2.75) is 20.1 Å². The third-order valence-corrected chi connectivity index (χ3v) is 2.12. The second-order valence-electron chi connectivity index (χ2n) is 2.82. The molecule has 0 aromatic rings. The molecule has 1 atom stereocenters. The number of rotatable bonds is 4. The maximum atomic E-state index is 5.94. The van der Waals surface area contributed by atoms with Gasteiger partial charge in [-0.15, -0.1) is 0 Å². The lowest BCUT2D eigenvalue weighted by atomic mass is 10.4. The number of ether oxygens (including phenoxy) is 1. The average Bonchev–Trinajstić information content (AvgIpc) is 2.15. The van der Waals surface area contributed by atoms with Crippen molar-refractivity contribution < 1.29 is 4.74 Å². The summed E-state index contributed by atoms with van der Waals surface area (Å²) in [7, 11) is 3.43. The van der Waals surface area contributed by atoms with Crippen molar-refractivity contribution in [2.75, 3.05) is 14.2 Å². The predicted molar refractivity (Wildman–Crippen MR) is 61.5 cm³/mol. The molecular weight excluding hydrogens is 200 g/mol. The van der Waals surface area contributed by atoms with Crippen molar-refractivity contribution in [3.8, 4) is 0 Å². The van der Waals surface area contributed by atoms with Gasteiger partial charge in [0.15, 0.2) is 0 Å². The highest BCUT2D eigenvalue weighted by Gasteiger charge is 2.10. The molecule has 4 heteroatoms. The summed E-state index contributed by atoms with van der Waals surface area (Å²) in [5.74, 6) is 0. The van der Waals surface area contributed by atoms with Crippen LogP contribution in [-0.4, -0.2) is 30.6 Å². The summed E-state index contributed by atoms with van der Waals surface area (Å²) in [6.07, 6.45) is 3.54. The van der Waals surface area contributed by atoms with Crippen LogP contribution in [0.2, 0.25) is 0 Å². The third-order valence-electron chi connectivity index (χ3n) is 1.77. The number of hydrogen-bond donors (Lipinski definition) is 0. The number of aliphatic imine (C=N–C) groups is 1. The predicted octanol–water partition coefficient (Wildman–Crippen LogP) is 2.60. The average molecular weight is 217 g/mol. The molecule has 0 saturated carbocycles. The van der Waals surface area contributed by atoms with Gasteiger partial charge in [-0.2, -0.15) is 0 Å². The minimum absolute atomic E-state index is 0.107. The molecule has 0 aromatic carbocycles. The third kappa shape index (κ3) is 4.44. The molecule has 14 heavy (non-hydrogen) atoms. The van der Waals surface area contributed by atoms with Crippen LogP contribution in [0.15, 0.2) is 29.4 Å². The Balaban J connectivity index is 4.44. The highest BCUT2D eigenvalue weighted by molar-refractivity contribution is 6.64. The first-order chi connectivity index (χ1) is 6.52. The minimum Gasteiger partial charge on any atom is -0.362 e. The van der Waals surface area contributed by atoms with Gasteiger partial charge < -0.3 is 9.64 Å². The van der Waals surface area contributed by atoms with Crippen LogP contribution in [0.3, 0.4) is 0 Å². The Morgan fingerprint density at radius 3 is 2.64 bits per heavy atom. The van der Waals surface area contributed by atoms with E-state index in [1.807, 2.05) is 27.0 Å². The number of halogens is 1. The molecular formula is C10H17ClN2O. The van der Waals surface area contributed by atoms with Crippen molar-refractivity contribution in [1.29, 1.82) is 0 Å². The Bertz CT molecular complexity index is 249. The lowest BCUT2D eigenvalue weighted by Crippen LogP contribution is -2.33. The minimum atomic E-state index is -0.107. The zero-order valence-corrected chi connectivity index (χ0v) is 9.88. The molecule has 1 unspecified atom stereocenters. The van der Waals surface area contributed by atoms with Crippen molar-refractivity contribution in [2.24, 2.45) is 4.99 Å². The van der Waals surface area contributed by atoms with Crippen molar-refractivity contribution in [3.05, 3.63) is 24.4 Å². The number of methoxy groups -OCH3 is 1. The monoisotopic (exact) mass is 216 g/mol. The lowest BCUT2D eigenvalue weighted by Gasteiger charge is -2.23. The first-order valence-electron chi connectivity index (χ1n) is 4.34. The Morgan fingerprint density at radius 2 is 2.21 bits per heavy atom. The highest BCUT2D eigenvalue weighted by Crippen LogP contribution is 2.05. The van der Waals surface area contributed by atoms with Crippen molar-refractivity contribution in [3.63, 3.8) is 0 Å². The standard InChI is InChI=1S/C10H17ClN2O/c1-6-7-8(2)12-10(11)13(4)9(3)14-5/h6-7,9H,2H2,1,3-5H3/b7-6-,12-10-. The first kappa shape index (κ1) is 13.2. The van der Waals surface area contributed by atoms with Crippen molar-refractivity contribution >= 4 is 16.9 Å². The Kier molecular flexibility index (Phi) is 6.25. The number of allylic oxidation sites excluding steroid dienone is 2. The van der Waals surface area contributed by atoms with E-state index >= 15 is 0 Å². The zero-order chi connectivity index (χ0) is 11.1. The van der Waals surface area contributed by atoms with Crippen LogP contribution in [0, 0.1) is 0 Å². The largest absolute Gasteiger partial charge is 0.362 e. The van der Waals surface area contributed by atoms with Gasteiger partial charge in [-0.1, -0.05) is 12.7 Å². The fraction of sp³-hybridized carbons (Fsp3) is 0.500. The van der Waals surface area contributed by atoms with Gasteiger partial charge in [0, 0.05) is 14.2 Å². The molecule has 0 N–H and O–H groups in total. The molecule has 0 aromatic heterocycles. The summed E-state index contributed by atoms with van der Waals surface area (Å²) >= 11 is 5.94. The molecule has 0 radical (unpaired) electrons. The van der Waals surface area contributed by atoms with Gasteiger partial charge in [0.05, 0.1) is 5.70 Å². The van der Waals surface area contributed by atoms with Gasteiger partial charge in [0.2, 0.25) is 5.29 Å². The number of nitrogens with zero attached hydrogens (tertiary/aromatic N) is 2. The van der Waals surface area contributed by atoms with E-state index in [0.29, 0.717) is 11.0 Å². The summed E-state index contributed by atoms with van der Waals surface area (Å²) in [5.41, 5.74) is 0.618. The fourth-order valence-corrected chi connectivity index (χ4v) is 0.981. The molecule has 0 fully saturated rings. The first-order valence-corrected chi connectivity index (χ1v) is 4.72. The maximum Gasteiger partial charge on any atom is 0.200 e. The van der Waals surface area contributed by atoms with E-state index in [9.17, 15) is 0 Å². The molecule has 0 amide bonds. The fourth-order valence-electron chi connectivity index (χ4n) is 0.735. The van der Waals surface area contributed by atoms with Crippen LogP contribution >= 0.6 is 11.6 Å². The smallest absolute Gasteiger partial charge is 0.200 e. The highest BCUT2D eigenvalue weighted by atomic mass is 35.5. The van der Waals surface area contributed by atoms with Crippen LogP contribution in [0.4, 0.5) is 0 Å². The molecule has 3 nitrogen and oxygen atoms in total. The molecule has 0 aliphatic heterocycles. The molecule has 0 aliphatic rings. The Labute approximate surface area is 90.7 Å². The Hall–Kier alpha value is -0.800. The van der Waals surface area contributed by atoms with Gasteiger partial charge in [0.1, 0.15) is 6.23 Å². The van der Waals surface area contributed by atoms with Crippen LogP contribution in [-0.2, 0) is 4.74 Å². The zero-order valence-electron chi connectivity index (χ0n) is 9.12. The van der Waals surface area contributed by atoms with E-state index in [-0.39, 0.29) is 6.23 Å². The summed E-state index contributed by atoms with van der Waals surface area (Å²) in [6.45, 7) is 7.51. The second-order valence-corrected chi connectivity index (χ2v) is 3.16. The molecule has 0 rings (SSSR count). The van der Waals surface area contributed by atoms with E-state index in [1.165, 1.54) is 0 Å². The summed E-state index contributed by atoms with van der Waals surface area (Å²) in [6, 6.07) is 0.